The van der Waals surface area contributed by atoms with Gasteiger partial charge in [0.1, 0.15) is 30.1 Å². The standard InChI is InChI=1S/C62H100N2O15/c1-39-19-14-13-15-20-40(2)53(76-30-29-72-10)35-49-24-22-45(7)62(71,79-49)59(68)60(69)64-27-17-16-21-50(64)61(70)78-54(36-51(65)41(3)32-44(6)57(67)58(74-12)56(66)43(5)31-39)42(4)33-48-23-25-52(55(34-48)73-11)75-28-18-26-63-37-46(8)77-47(9)38-63/h13-15,19-20,32,39,41-43,45-50,52-55,57-58,67,71H,16-18,21-31,33-38H2,1-12H3/b15-13?,19-14+,40-20?,44-32+/t39-,41-,42-,43-,45-,46-,47+,48+,49+,50?,52-,53?,54+,55-,57-,58+,62-/m1/s1. The fourth-order valence-electron chi connectivity index (χ4n) is 12.5. The third-order valence-electron chi connectivity index (χ3n) is 17.2. The van der Waals surface area contributed by atoms with Crippen LogP contribution in [0.15, 0.2) is 47.6 Å². The van der Waals surface area contributed by atoms with Crippen LogP contribution < -0.4 is 0 Å². The maximum atomic E-state index is 14.7. The highest BCUT2D eigenvalue weighted by atomic mass is 16.6. The first-order valence-electron chi connectivity index (χ1n) is 29.7. The quantitative estimate of drug-likeness (QED) is 0.0739. The number of hydrogen-bond donors (Lipinski definition) is 2. The summed E-state index contributed by atoms with van der Waals surface area (Å²) >= 11 is 0. The number of piperidine rings is 1. The van der Waals surface area contributed by atoms with Crippen LogP contribution in [-0.2, 0) is 61.9 Å². The molecule has 4 fully saturated rings. The molecule has 1 saturated carbocycles. The number of allylic oxidation sites excluding steroid dienone is 6. The largest absolute Gasteiger partial charge is 0.460 e. The molecule has 17 atom stereocenters. The number of amides is 1. The molecule has 17 nitrogen and oxygen atoms in total. The minimum atomic E-state index is -2.46. The lowest BCUT2D eigenvalue weighted by molar-refractivity contribution is -0.266. The van der Waals surface area contributed by atoms with Gasteiger partial charge in [-0.25, -0.2) is 4.79 Å². The number of Topliss-reactive ketones (excluding diaryl/α,β-unsaturated/α-hetero) is 3. The van der Waals surface area contributed by atoms with Crippen molar-refractivity contribution in [2.75, 3.05) is 67.3 Å². The van der Waals surface area contributed by atoms with Crippen molar-refractivity contribution in [1.29, 1.82) is 0 Å². The number of carbonyl (C=O) groups excluding carboxylic acids is 5. The number of nitrogens with zero attached hydrogens (tertiary/aromatic N) is 2. The molecule has 17 heteroatoms. The molecule has 79 heavy (non-hydrogen) atoms. The Bertz CT molecular complexity index is 2080. The summed E-state index contributed by atoms with van der Waals surface area (Å²) in [6.45, 7) is 21.1. The summed E-state index contributed by atoms with van der Waals surface area (Å²) in [5, 5.41) is 23.8. The smallest absolute Gasteiger partial charge is 0.329 e. The highest BCUT2D eigenvalue weighted by Crippen LogP contribution is 2.38. The van der Waals surface area contributed by atoms with E-state index in [-0.39, 0.29) is 86.2 Å². The summed E-state index contributed by atoms with van der Waals surface area (Å²) in [6, 6.07) is -1.15. The van der Waals surface area contributed by atoms with Crippen molar-refractivity contribution in [3.8, 4) is 0 Å². The molecule has 0 aromatic carbocycles. The van der Waals surface area contributed by atoms with Gasteiger partial charge >= 0.3 is 5.97 Å². The first-order chi connectivity index (χ1) is 37.6. The summed E-state index contributed by atoms with van der Waals surface area (Å²) in [5.74, 6) is -7.95. The number of cyclic esters (lactones) is 1. The van der Waals surface area contributed by atoms with E-state index >= 15 is 0 Å². The maximum Gasteiger partial charge on any atom is 0.329 e. The number of ether oxygens (including phenoxy) is 8. The molecule has 2 unspecified atom stereocenters. The molecule has 4 heterocycles. The molecule has 5 rings (SSSR count). The van der Waals surface area contributed by atoms with Gasteiger partial charge in [-0.05, 0) is 127 Å². The zero-order valence-electron chi connectivity index (χ0n) is 49.9. The third kappa shape index (κ3) is 19.3. The minimum Gasteiger partial charge on any atom is -0.460 e. The summed E-state index contributed by atoms with van der Waals surface area (Å²) in [5.41, 5.74) is 1.26. The first kappa shape index (κ1) is 66.3. The Labute approximate surface area is 472 Å². The van der Waals surface area contributed by atoms with Gasteiger partial charge < -0.3 is 53.0 Å². The van der Waals surface area contributed by atoms with Crippen molar-refractivity contribution in [3.63, 3.8) is 0 Å². The molecule has 0 spiro atoms. The van der Waals surface area contributed by atoms with E-state index in [1.165, 1.54) is 12.0 Å². The third-order valence-corrected chi connectivity index (χ3v) is 17.2. The van der Waals surface area contributed by atoms with Gasteiger partial charge in [-0.1, -0.05) is 71.1 Å². The summed E-state index contributed by atoms with van der Waals surface area (Å²) in [6.07, 6.45) is 13.6. The van der Waals surface area contributed by atoms with Gasteiger partial charge in [-0.2, -0.15) is 0 Å². The van der Waals surface area contributed by atoms with Gasteiger partial charge in [0.15, 0.2) is 5.78 Å². The van der Waals surface area contributed by atoms with Gasteiger partial charge in [0.25, 0.3) is 11.7 Å². The lowest BCUT2D eigenvalue weighted by atomic mass is 9.78. The van der Waals surface area contributed by atoms with Crippen LogP contribution in [0.2, 0.25) is 0 Å². The number of methoxy groups -OCH3 is 3. The predicted octanol–water partition coefficient (Wildman–Crippen LogP) is 7.72. The van der Waals surface area contributed by atoms with Crippen molar-refractivity contribution in [3.05, 3.63) is 47.6 Å². The zero-order chi connectivity index (χ0) is 58.0. The van der Waals surface area contributed by atoms with Crippen LogP contribution in [0, 0.1) is 35.5 Å². The average Bonchev–Trinajstić information content (AvgIpc) is 3.45. The summed E-state index contributed by atoms with van der Waals surface area (Å²) in [7, 11) is 4.69. The molecule has 0 radical (unpaired) electrons. The molecular formula is C62H100N2O15. The molecule has 3 saturated heterocycles. The lowest BCUT2D eigenvalue weighted by Crippen LogP contribution is -2.61. The van der Waals surface area contributed by atoms with E-state index in [0.29, 0.717) is 57.3 Å². The Kier molecular flexibility index (Phi) is 27.2. The number of aliphatic hydroxyl groups excluding tert-OH is 1. The zero-order valence-corrected chi connectivity index (χ0v) is 49.9. The number of carbonyl (C=O) groups is 5. The van der Waals surface area contributed by atoms with E-state index in [4.69, 9.17) is 37.9 Å². The van der Waals surface area contributed by atoms with Gasteiger partial charge in [-0.15, -0.1) is 0 Å². The number of esters is 1. The van der Waals surface area contributed by atoms with E-state index in [2.05, 4.69) is 18.7 Å². The van der Waals surface area contributed by atoms with Crippen molar-refractivity contribution < 1.29 is 72.1 Å². The number of morpholine rings is 1. The number of hydrogen-bond acceptors (Lipinski definition) is 16. The second-order valence-corrected chi connectivity index (χ2v) is 23.9. The van der Waals surface area contributed by atoms with E-state index in [0.717, 1.165) is 50.9 Å². The van der Waals surface area contributed by atoms with Crippen molar-refractivity contribution >= 4 is 29.2 Å². The van der Waals surface area contributed by atoms with Gasteiger partial charge in [0.2, 0.25) is 5.79 Å². The van der Waals surface area contributed by atoms with E-state index < -0.39 is 77.8 Å². The molecule has 0 aromatic heterocycles. The number of aliphatic hydroxyl groups is 2. The molecule has 1 aliphatic carbocycles. The second kappa shape index (κ2) is 32.4. The van der Waals surface area contributed by atoms with Crippen LogP contribution in [-0.4, -0.2) is 183 Å². The molecule has 2 N–H and O–H groups in total. The number of rotatable bonds is 14. The summed E-state index contributed by atoms with van der Waals surface area (Å²) < 4.78 is 48.3. The van der Waals surface area contributed by atoms with Gasteiger partial charge in [-0.3, -0.25) is 24.1 Å². The number of ketones is 3. The van der Waals surface area contributed by atoms with Crippen molar-refractivity contribution in [1.82, 2.24) is 9.80 Å². The Morgan fingerprint density at radius 2 is 1.53 bits per heavy atom. The molecular weight excluding hydrogens is 1010 g/mol. The molecule has 5 aliphatic rings. The first-order valence-corrected chi connectivity index (χ1v) is 29.7. The molecule has 0 aromatic rings. The summed E-state index contributed by atoms with van der Waals surface area (Å²) in [4.78, 5) is 75.6. The highest BCUT2D eigenvalue weighted by molar-refractivity contribution is 6.39. The van der Waals surface area contributed by atoms with Crippen LogP contribution in [0.5, 0.6) is 0 Å². The van der Waals surface area contributed by atoms with Crippen molar-refractivity contribution in [2.24, 2.45) is 35.5 Å². The Hall–Kier alpha value is -3.49. The SMILES string of the molecule is COCCOC1C[C@@H]2CC[C@@H](C)[C@@](O)(O2)C(=O)C(=O)N2CCCCC2C(=O)O[C@H]([C@H](C)C[C@@H]2CC[C@@H](OCCCN3C[C@@H](C)O[C@@H](C)C3)[C@H](OC)C2)CC(=O)[C@H](C)/C=C(\C)[C@@H](O)[C@@H](OC)C(=O)[C@H](C)C[C@H](C)/C=C/C=CC=C1C. The Morgan fingerprint density at radius 1 is 0.797 bits per heavy atom. The fourth-order valence-corrected chi connectivity index (χ4v) is 12.5. The van der Waals surface area contributed by atoms with Crippen LogP contribution in [0.4, 0.5) is 0 Å². The van der Waals surface area contributed by atoms with Crippen LogP contribution in [0.1, 0.15) is 146 Å². The molecule has 1 amide bonds. The normalized spacial score (nSPS) is 37.6. The topological polar surface area (TPSA) is 206 Å². The van der Waals surface area contributed by atoms with Crippen molar-refractivity contribution in [2.45, 2.75) is 213 Å². The minimum absolute atomic E-state index is 0.00271. The van der Waals surface area contributed by atoms with Gasteiger partial charge in [0, 0.05) is 84.7 Å². The van der Waals surface area contributed by atoms with E-state index in [9.17, 15) is 34.2 Å². The molecule has 448 valence electrons. The predicted molar refractivity (Wildman–Crippen MR) is 301 cm³/mol. The van der Waals surface area contributed by atoms with Crippen LogP contribution >= 0.6 is 0 Å². The molecule has 2 bridgehead atoms. The maximum absolute atomic E-state index is 14.7. The van der Waals surface area contributed by atoms with Crippen LogP contribution in [0.3, 0.4) is 0 Å². The lowest BCUT2D eigenvalue weighted by Gasteiger charge is -2.43. The fraction of sp³-hybridized carbons (Fsp3) is 0.790. The number of fused-ring (bicyclic) bond motifs is 3. The Balaban J connectivity index is 1.41. The highest BCUT2D eigenvalue weighted by Gasteiger charge is 2.53. The molecule has 4 aliphatic heterocycles. The van der Waals surface area contributed by atoms with E-state index in [1.54, 1.807) is 41.1 Å². The monoisotopic (exact) mass is 1110 g/mol. The van der Waals surface area contributed by atoms with Gasteiger partial charge in [0.05, 0.1) is 49.8 Å². The second-order valence-electron chi connectivity index (χ2n) is 23.9. The average molecular weight is 1110 g/mol. The Morgan fingerprint density at radius 3 is 2.23 bits per heavy atom. The van der Waals surface area contributed by atoms with Crippen LogP contribution in [0.25, 0.3) is 0 Å². The van der Waals surface area contributed by atoms with E-state index in [1.807, 2.05) is 58.1 Å².